The van der Waals surface area contributed by atoms with Gasteiger partial charge in [-0.2, -0.15) is 0 Å². The third-order valence-electron chi connectivity index (χ3n) is 5.54. The topological polar surface area (TPSA) is 121 Å². The average Bonchev–Trinajstić information content (AvgIpc) is 2.57. The Labute approximate surface area is 150 Å². The number of ether oxygens (including phenoxy) is 1. The Balaban J connectivity index is 2.25. The molecule has 26 heavy (non-hydrogen) atoms. The molecule has 0 aromatic carbocycles. The molecule has 0 spiro atoms. The van der Waals surface area contributed by atoms with Gasteiger partial charge in [-0.05, 0) is 32.9 Å². The highest BCUT2D eigenvalue weighted by Gasteiger charge is 2.73. The molecule has 3 saturated carbocycles. The van der Waals surface area contributed by atoms with Crippen molar-refractivity contribution in [3.63, 3.8) is 0 Å². The van der Waals surface area contributed by atoms with Crippen molar-refractivity contribution >= 4 is 17.5 Å². The van der Waals surface area contributed by atoms with Crippen LogP contribution >= 0.6 is 0 Å². The minimum atomic E-state index is -2.01. The van der Waals surface area contributed by atoms with Crippen LogP contribution in [0.4, 0.5) is 0 Å². The normalized spacial score (nSPS) is 41.5. The molecule has 0 saturated heterocycles. The second-order valence-corrected chi connectivity index (χ2v) is 7.12. The molecule has 0 unspecified atom stereocenters. The van der Waals surface area contributed by atoms with Crippen molar-refractivity contribution in [3.05, 3.63) is 47.5 Å². The van der Waals surface area contributed by atoms with Gasteiger partial charge in [-0.1, -0.05) is 18.2 Å². The second kappa shape index (κ2) is 5.67. The zero-order valence-corrected chi connectivity index (χ0v) is 14.6. The molecule has 0 aromatic rings. The van der Waals surface area contributed by atoms with Crippen LogP contribution in [-0.2, 0) is 19.1 Å². The monoisotopic (exact) mass is 360 g/mol. The smallest absolute Gasteiger partial charge is 0.373 e. The third-order valence-corrected chi connectivity index (χ3v) is 5.54. The summed E-state index contributed by atoms with van der Waals surface area (Å²) in [6, 6.07) is 0. The third kappa shape index (κ3) is 2.13. The van der Waals surface area contributed by atoms with Gasteiger partial charge >= 0.3 is 5.97 Å². The van der Waals surface area contributed by atoms with E-state index in [0.717, 1.165) is 6.08 Å². The van der Waals surface area contributed by atoms with Crippen molar-refractivity contribution in [1.82, 2.24) is 0 Å². The van der Waals surface area contributed by atoms with E-state index in [0.29, 0.717) is 0 Å². The standard InChI is InChI=1S/C19H20O7/c1-4-5-6-7-10(20)12-13-14-9(8-11(21)16(23)26-14)18(2,15(12)22)17(24)19(13,3)25/h4-9,13-14,20-21,25H,1-3H3/b5-4+,7-6+,12-10-/t9-,13+,14+,18+,19-/m0/s1. The Morgan fingerprint density at radius 3 is 2.50 bits per heavy atom. The first-order valence-corrected chi connectivity index (χ1v) is 8.24. The molecule has 0 radical (unpaired) electrons. The van der Waals surface area contributed by atoms with Crippen molar-refractivity contribution in [1.29, 1.82) is 0 Å². The van der Waals surface area contributed by atoms with Crippen molar-refractivity contribution in [3.8, 4) is 0 Å². The van der Waals surface area contributed by atoms with Gasteiger partial charge in [0.25, 0.3) is 0 Å². The maximum absolute atomic E-state index is 13.1. The molecule has 5 atom stereocenters. The molecule has 3 fully saturated rings. The number of carbonyl (C=O) groups is 3. The molecule has 3 aliphatic carbocycles. The summed E-state index contributed by atoms with van der Waals surface area (Å²) in [7, 11) is 0. The molecule has 1 aliphatic heterocycles. The fourth-order valence-corrected chi connectivity index (χ4v) is 4.24. The number of rotatable bonds is 2. The van der Waals surface area contributed by atoms with Gasteiger partial charge in [-0.15, -0.1) is 0 Å². The van der Waals surface area contributed by atoms with Crippen molar-refractivity contribution in [2.45, 2.75) is 32.5 Å². The number of ketones is 2. The number of carbonyl (C=O) groups excluding carboxylic acids is 3. The minimum absolute atomic E-state index is 0.151. The van der Waals surface area contributed by atoms with Crippen LogP contribution in [0, 0.1) is 17.3 Å². The predicted octanol–water partition coefficient (Wildman–Crippen LogP) is 1.45. The maximum Gasteiger partial charge on any atom is 0.373 e. The van der Waals surface area contributed by atoms with Gasteiger partial charge in [0.1, 0.15) is 22.9 Å². The van der Waals surface area contributed by atoms with Gasteiger partial charge in [0.15, 0.2) is 17.3 Å². The summed E-state index contributed by atoms with van der Waals surface area (Å²) >= 11 is 0. The van der Waals surface area contributed by atoms with Crippen molar-refractivity contribution in [2.75, 3.05) is 0 Å². The summed E-state index contributed by atoms with van der Waals surface area (Å²) in [4.78, 5) is 37.7. The molecule has 0 amide bonds. The fraction of sp³-hybridized carbons (Fsp3) is 0.421. The average molecular weight is 360 g/mol. The van der Waals surface area contributed by atoms with Gasteiger partial charge in [-0.25, -0.2) is 4.79 Å². The lowest BCUT2D eigenvalue weighted by Gasteiger charge is -2.58. The lowest BCUT2D eigenvalue weighted by atomic mass is 9.46. The molecule has 2 bridgehead atoms. The number of aliphatic hydroxyl groups is 3. The molecule has 4 rings (SSSR count). The zero-order chi connectivity index (χ0) is 19.4. The molecular formula is C19H20O7. The van der Waals surface area contributed by atoms with Crippen LogP contribution in [0.1, 0.15) is 20.8 Å². The fourth-order valence-electron chi connectivity index (χ4n) is 4.24. The minimum Gasteiger partial charge on any atom is -0.508 e. The molecular weight excluding hydrogens is 340 g/mol. The van der Waals surface area contributed by atoms with Crippen molar-refractivity contribution < 1.29 is 34.4 Å². The summed E-state index contributed by atoms with van der Waals surface area (Å²) in [5.74, 6) is -5.60. The zero-order valence-electron chi connectivity index (χ0n) is 14.6. The van der Waals surface area contributed by atoms with Crippen LogP contribution < -0.4 is 0 Å². The molecule has 3 N–H and O–H groups in total. The quantitative estimate of drug-likeness (QED) is 0.224. The van der Waals surface area contributed by atoms with E-state index < -0.39 is 58.0 Å². The lowest BCUT2D eigenvalue weighted by molar-refractivity contribution is -0.200. The van der Waals surface area contributed by atoms with E-state index in [-0.39, 0.29) is 5.57 Å². The van der Waals surface area contributed by atoms with E-state index >= 15 is 0 Å². The van der Waals surface area contributed by atoms with Gasteiger partial charge in [0.2, 0.25) is 0 Å². The molecule has 1 heterocycles. The molecule has 0 aromatic heterocycles. The molecule has 7 nitrogen and oxygen atoms in total. The molecule has 4 aliphatic rings. The summed E-state index contributed by atoms with van der Waals surface area (Å²) in [6.07, 6.45) is 6.23. The number of hydrogen-bond acceptors (Lipinski definition) is 7. The number of Topliss-reactive ketones (excluding diaryl/α,β-unsaturated/α-hetero) is 2. The highest BCUT2D eigenvalue weighted by molar-refractivity contribution is 6.22. The summed E-state index contributed by atoms with van der Waals surface area (Å²) < 4.78 is 5.23. The van der Waals surface area contributed by atoms with Crippen LogP contribution in [0.2, 0.25) is 0 Å². The van der Waals surface area contributed by atoms with Gasteiger partial charge in [-0.3, -0.25) is 9.59 Å². The van der Waals surface area contributed by atoms with Crippen LogP contribution in [0.15, 0.2) is 47.5 Å². The summed E-state index contributed by atoms with van der Waals surface area (Å²) in [5.41, 5.74) is -3.93. The van der Waals surface area contributed by atoms with Gasteiger partial charge in [0.05, 0.1) is 5.92 Å². The van der Waals surface area contributed by atoms with E-state index in [1.54, 1.807) is 19.1 Å². The highest BCUT2D eigenvalue weighted by atomic mass is 16.6. The van der Waals surface area contributed by atoms with E-state index in [9.17, 15) is 29.7 Å². The number of esters is 1. The Bertz CT molecular complexity index is 827. The van der Waals surface area contributed by atoms with Crippen LogP contribution in [-0.4, -0.2) is 44.6 Å². The number of hydrogen-bond donors (Lipinski definition) is 3. The second-order valence-electron chi connectivity index (χ2n) is 7.12. The lowest BCUT2D eigenvalue weighted by Crippen LogP contribution is -2.73. The Hall–Kier alpha value is -2.67. The van der Waals surface area contributed by atoms with Crippen LogP contribution in [0.5, 0.6) is 0 Å². The Morgan fingerprint density at radius 1 is 1.23 bits per heavy atom. The van der Waals surface area contributed by atoms with E-state index in [4.69, 9.17) is 4.74 Å². The van der Waals surface area contributed by atoms with E-state index in [1.807, 2.05) is 0 Å². The highest BCUT2D eigenvalue weighted by Crippen LogP contribution is 2.58. The maximum atomic E-state index is 13.1. The first-order valence-electron chi connectivity index (χ1n) is 8.24. The molecule has 7 heteroatoms. The van der Waals surface area contributed by atoms with E-state index in [2.05, 4.69) is 0 Å². The summed E-state index contributed by atoms with van der Waals surface area (Å²) in [5, 5.41) is 31.0. The number of fused-ring (bicyclic) bond motifs is 2. The summed E-state index contributed by atoms with van der Waals surface area (Å²) in [6.45, 7) is 4.36. The van der Waals surface area contributed by atoms with Crippen molar-refractivity contribution in [2.24, 2.45) is 17.3 Å². The first kappa shape index (κ1) is 18.1. The Kier molecular flexibility index (Phi) is 3.95. The van der Waals surface area contributed by atoms with Crippen LogP contribution in [0.25, 0.3) is 0 Å². The number of aliphatic hydroxyl groups excluding tert-OH is 2. The van der Waals surface area contributed by atoms with Gasteiger partial charge < -0.3 is 20.1 Å². The van der Waals surface area contributed by atoms with Crippen LogP contribution in [0.3, 0.4) is 0 Å². The largest absolute Gasteiger partial charge is 0.508 e. The first-order chi connectivity index (χ1) is 12.1. The number of allylic oxidation sites excluding steroid dienone is 4. The Morgan fingerprint density at radius 2 is 1.88 bits per heavy atom. The van der Waals surface area contributed by atoms with E-state index in [1.165, 1.54) is 26.0 Å². The SMILES string of the molecule is C/C=C/C=C/C(O)=C1/C(=O)[C@]2(C)C(=O)[C@@](C)(O)[C@H]1[C@@H]1OC(=O)C(O)=C[C@@H]12. The molecule has 138 valence electrons. The van der Waals surface area contributed by atoms with Gasteiger partial charge in [0, 0.05) is 11.5 Å². The predicted molar refractivity (Wildman–Crippen MR) is 89.9 cm³/mol.